The molecular formula is C13H8BrClF3N. The van der Waals surface area contributed by atoms with Crippen LogP contribution >= 0.6 is 27.5 Å². The zero-order chi connectivity index (χ0) is 14.0. The molecule has 0 fully saturated rings. The molecule has 100 valence electrons. The summed E-state index contributed by atoms with van der Waals surface area (Å²) < 4.78 is 40.5. The Labute approximate surface area is 121 Å². The minimum Gasteiger partial charge on any atom is -0.377 e. The predicted octanol–water partition coefficient (Wildman–Crippen LogP) is 5.13. The fraction of sp³-hybridized carbons (Fsp3) is 0.0769. The number of halogens is 5. The Morgan fingerprint density at radius 3 is 2.42 bits per heavy atom. The van der Waals surface area contributed by atoms with Crippen LogP contribution in [0, 0.1) is 17.5 Å². The third kappa shape index (κ3) is 3.42. The molecule has 0 spiro atoms. The minimum absolute atomic E-state index is 0.0430. The minimum atomic E-state index is -0.817. The van der Waals surface area contributed by atoms with Gasteiger partial charge in [-0.25, -0.2) is 13.2 Å². The van der Waals surface area contributed by atoms with Gasteiger partial charge in [0.15, 0.2) is 5.82 Å². The number of benzene rings is 2. The highest BCUT2D eigenvalue weighted by molar-refractivity contribution is 9.10. The van der Waals surface area contributed by atoms with Gasteiger partial charge in [-0.05, 0) is 18.2 Å². The second-order valence-corrected chi connectivity index (χ2v) is 5.16. The van der Waals surface area contributed by atoms with Gasteiger partial charge in [0.05, 0.1) is 10.7 Å². The fourth-order valence-electron chi connectivity index (χ4n) is 1.56. The van der Waals surface area contributed by atoms with E-state index in [9.17, 15) is 13.2 Å². The summed E-state index contributed by atoms with van der Waals surface area (Å²) in [6, 6.07) is 6.24. The molecule has 0 aliphatic rings. The lowest BCUT2D eigenvalue weighted by molar-refractivity contribution is 0.584. The van der Waals surface area contributed by atoms with Gasteiger partial charge in [-0.3, -0.25) is 0 Å². The van der Waals surface area contributed by atoms with Crippen LogP contribution in [0.15, 0.2) is 34.8 Å². The summed E-state index contributed by atoms with van der Waals surface area (Å²) in [5.41, 5.74) is 0.299. The molecule has 0 heterocycles. The first-order chi connectivity index (χ1) is 8.97. The molecule has 0 aliphatic carbocycles. The largest absolute Gasteiger partial charge is 0.377 e. The van der Waals surface area contributed by atoms with Crippen molar-refractivity contribution in [2.45, 2.75) is 6.54 Å². The van der Waals surface area contributed by atoms with Crippen LogP contribution in [-0.2, 0) is 6.54 Å². The Kier molecular flexibility index (Phi) is 4.37. The van der Waals surface area contributed by atoms with Crippen LogP contribution in [0.3, 0.4) is 0 Å². The summed E-state index contributed by atoms with van der Waals surface area (Å²) in [7, 11) is 0. The lowest BCUT2D eigenvalue weighted by atomic mass is 10.2. The van der Waals surface area contributed by atoms with Crippen molar-refractivity contribution < 1.29 is 13.2 Å². The molecule has 6 heteroatoms. The molecule has 1 N–H and O–H groups in total. The van der Waals surface area contributed by atoms with Crippen molar-refractivity contribution in [1.29, 1.82) is 0 Å². The summed E-state index contributed by atoms with van der Waals surface area (Å²) in [4.78, 5) is 0. The number of anilines is 1. The van der Waals surface area contributed by atoms with Crippen LogP contribution in [0.2, 0.25) is 5.02 Å². The smallest absolute Gasteiger partial charge is 0.150 e. The standard InChI is InChI=1S/C13H8BrClF3N/c14-8-2-1-7(11(17)3-8)6-19-13-10(15)4-9(16)5-12(13)18/h1-5,19H,6H2. The van der Waals surface area contributed by atoms with E-state index >= 15 is 0 Å². The first-order valence-corrected chi connectivity index (χ1v) is 6.47. The van der Waals surface area contributed by atoms with E-state index in [4.69, 9.17) is 11.6 Å². The molecule has 19 heavy (non-hydrogen) atoms. The molecule has 0 amide bonds. The average Bonchev–Trinajstić information content (AvgIpc) is 2.30. The number of rotatable bonds is 3. The van der Waals surface area contributed by atoms with Gasteiger partial charge in [0.2, 0.25) is 0 Å². The van der Waals surface area contributed by atoms with Crippen molar-refractivity contribution in [3.63, 3.8) is 0 Å². The van der Waals surface area contributed by atoms with Crippen molar-refractivity contribution in [1.82, 2.24) is 0 Å². The van der Waals surface area contributed by atoms with Gasteiger partial charge in [0.1, 0.15) is 11.6 Å². The molecule has 2 aromatic carbocycles. The second kappa shape index (κ2) is 5.84. The van der Waals surface area contributed by atoms with Gasteiger partial charge in [0, 0.05) is 22.6 Å². The summed E-state index contributed by atoms with van der Waals surface area (Å²) in [5, 5.41) is 2.57. The highest BCUT2D eigenvalue weighted by Crippen LogP contribution is 2.27. The van der Waals surface area contributed by atoms with Gasteiger partial charge >= 0.3 is 0 Å². The molecular weight excluding hydrogens is 343 g/mol. The number of nitrogens with one attached hydrogen (secondary N) is 1. The predicted molar refractivity (Wildman–Crippen MR) is 72.8 cm³/mol. The van der Waals surface area contributed by atoms with Crippen LogP contribution in [-0.4, -0.2) is 0 Å². The molecule has 0 atom stereocenters. The molecule has 2 rings (SSSR count). The summed E-state index contributed by atoms with van der Waals surface area (Å²) in [6.45, 7) is 0.0430. The Hall–Kier alpha value is -1.20. The molecule has 0 bridgehead atoms. The van der Waals surface area contributed by atoms with E-state index in [1.807, 2.05) is 0 Å². The number of hydrogen-bond acceptors (Lipinski definition) is 1. The van der Waals surface area contributed by atoms with Gasteiger partial charge in [-0.2, -0.15) is 0 Å². The van der Waals surface area contributed by atoms with Crippen molar-refractivity contribution >= 4 is 33.2 Å². The molecule has 0 saturated heterocycles. The molecule has 0 radical (unpaired) electrons. The van der Waals surface area contributed by atoms with E-state index in [1.165, 1.54) is 6.07 Å². The first kappa shape index (κ1) is 14.2. The highest BCUT2D eigenvalue weighted by Gasteiger charge is 2.10. The Morgan fingerprint density at radius 2 is 1.79 bits per heavy atom. The highest BCUT2D eigenvalue weighted by atomic mass is 79.9. The monoisotopic (exact) mass is 349 g/mol. The van der Waals surface area contributed by atoms with Crippen molar-refractivity contribution in [3.8, 4) is 0 Å². The van der Waals surface area contributed by atoms with Gasteiger partial charge in [-0.15, -0.1) is 0 Å². The zero-order valence-electron chi connectivity index (χ0n) is 9.48. The Morgan fingerprint density at radius 1 is 1.05 bits per heavy atom. The summed E-state index contributed by atoms with van der Waals surface area (Å²) in [5.74, 6) is -2.01. The second-order valence-electron chi connectivity index (χ2n) is 3.83. The van der Waals surface area contributed by atoms with Crippen molar-refractivity contribution in [3.05, 3.63) is 62.8 Å². The van der Waals surface area contributed by atoms with Crippen molar-refractivity contribution in [2.75, 3.05) is 5.32 Å². The van der Waals surface area contributed by atoms with E-state index < -0.39 is 17.5 Å². The quantitative estimate of drug-likeness (QED) is 0.809. The van der Waals surface area contributed by atoms with Gasteiger partial charge in [0.25, 0.3) is 0 Å². The third-order valence-corrected chi connectivity index (χ3v) is 3.27. The van der Waals surface area contributed by atoms with Crippen LogP contribution < -0.4 is 5.32 Å². The van der Waals surface area contributed by atoms with E-state index in [1.54, 1.807) is 12.1 Å². The molecule has 1 nitrogen and oxygen atoms in total. The Bertz CT molecular complexity index is 596. The molecule has 2 aromatic rings. The van der Waals surface area contributed by atoms with Gasteiger partial charge in [-0.1, -0.05) is 33.6 Å². The molecule has 0 saturated carbocycles. The van der Waals surface area contributed by atoms with E-state index in [0.29, 0.717) is 16.1 Å². The lowest BCUT2D eigenvalue weighted by Gasteiger charge is -2.10. The van der Waals surface area contributed by atoms with Crippen molar-refractivity contribution in [2.24, 2.45) is 0 Å². The Balaban J connectivity index is 2.19. The van der Waals surface area contributed by atoms with E-state index in [-0.39, 0.29) is 17.3 Å². The summed E-state index contributed by atoms with van der Waals surface area (Å²) >= 11 is 8.86. The van der Waals surface area contributed by atoms with E-state index in [2.05, 4.69) is 21.2 Å². The maximum absolute atomic E-state index is 13.6. The molecule has 0 aromatic heterocycles. The van der Waals surface area contributed by atoms with Crippen LogP contribution in [0.25, 0.3) is 0 Å². The normalized spacial score (nSPS) is 10.6. The maximum Gasteiger partial charge on any atom is 0.150 e. The fourth-order valence-corrected chi connectivity index (χ4v) is 2.15. The molecule has 0 aliphatic heterocycles. The maximum atomic E-state index is 13.6. The third-order valence-electron chi connectivity index (χ3n) is 2.48. The van der Waals surface area contributed by atoms with Crippen LogP contribution in [0.5, 0.6) is 0 Å². The SMILES string of the molecule is Fc1cc(F)c(NCc2ccc(Br)cc2F)c(Cl)c1. The first-order valence-electron chi connectivity index (χ1n) is 5.29. The lowest BCUT2D eigenvalue weighted by Crippen LogP contribution is -2.04. The van der Waals surface area contributed by atoms with Crippen LogP contribution in [0.1, 0.15) is 5.56 Å². The summed E-state index contributed by atoms with van der Waals surface area (Å²) in [6.07, 6.45) is 0. The van der Waals surface area contributed by atoms with Gasteiger partial charge < -0.3 is 5.32 Å². The number of hydrogen-bond donors (Lipinski definition) is 1. The van der Waals surface area contributed by atoms with E-state index in [0.717, 1.165) is 6.07 Å². The molecule has 0 unspecified atom stereocenters. The average molecular weight is 351 g/mol. The topological polar surface area (TPSA) is 12.0 Å². The van der Waals surface area contributed by atoms with Crippen LogP contribution in [0.4, 0.5) is 18.9 Å². The zero-order valence-corrected chi connectivity index (χ0v) is 11.8.